The van der Waals surface area contributed by atoms with Crippen LogP contribution in [0, 0.1) is 13.8 Å². The molecule has 1 aliphatic heterocycles. The molecule has 2 aromatic rings. The van der Waals surface area contributed by atoms with Crippen molar-refractivity contribution in [1.82, 2.24) is 9.47 Å². The normalized spacial score (nSPS) is 16.1. The first-order valence-corrected chi connectivity index (χ1v) is 8.20. The largest absolute Gasteiger partial charge is 0.346 e. The molecule has 0 unspecified atom stereocenters. The molecular formula is C18H27N3. The van der Waals surface area contributed by atoms with Gasteiger partial charge in [-0.3, -0.25) is 0 Å². The van der Waals surface area contributed by atoms with Gasteiger partial charge in [0.1, 0.15) is 0 Å². The standard InChI is InChI=1S/C18H27N3/c1-14-11-15(2)18-17(12-14)16(13-21(18)10-6-19)5-9-20-7-3-4-8-20/h11-13H,3-10,19H2,1-2H3. The highest BCUT2D eigenvalue weighted by atomic mass is 15.1. The smallest absolute Gasteiger partial charge is 0.0513 e. The third-order valence-electron chi connectivity index (χ3n) is 4.66. The molecule has 1 aliphatic rings. The monoisotopic (exact) mass is 285 g/mol. The zero-order valence-corrected chi connectivity index (χ0v) is 13.4. The van der Waals surface area contributed by atoms with E-state index in [0.29, 0.717) is 6.54 Å². The van der Waals surface area contributed by atoms with E-state index in [4.69, 9.17) is 5.73 Å². The number of fused-ring (bicyclic) bond motifs is 1. The second-order valence-electron chi connectivity index (χ2n) is 6.41. The van der Waals surface area contributed by atoms with E-state index in [2.05, 4.69) is 41.6 Å². The predicted molar refractivity (Wildman–Crippen MR) is 89.8 cm³/mol. The van der Waals surface area contributed by atoms with Crippen LogP contribution in [0.4, 0.5) is 0 Å². The predicted octanol–water partition coefficient (Wildman–Crippen LogP) is 2.86. The molecule has 3 rings (SSSR count). The second-order valence-corrected chi connectivity index (χ2v) is 6.41. The molecule has 2 N–H and O–H groups in total. The quantitative estimate of drug-likeness (QED) is 0.916. The first-order chi connectivity index (χ1) is 10.2. The molecule has 1 aromatic heterocycles. The Morgan fingerprint density at radius 3 is 2.57 bits per heavy atom. The molecule has 0 bridgehead atoms. The lowest BCUT2D eigenvalue weighted by atomic mass is 10.0. The summed E-state index contributed by atoms with van der Waals surface area (Å²) in [7, 11) is 0. The number of benzene rings is 1. The van der Waals surface area contributed by atoms with Gasteiger partial charge in [0.05, 0.1) is 5.52 Å². The first-order valence-electron chi connectivity index (χ1n) is 8.20. The van der Waals surface area contributed by atoms with Gasteiger partial charge in [-0.2, -0.15) is 0 Å². The minimum atomic E-state index is 0.697. The van der Waals surface area contributed by atoms with Gasteiger partial charge >= 0.3 is 0 Å². The summed E-state index contributed by atoms with van der Waals surface area (Å²) in [6, 6.07) is 4.62. The van der Waals surface area contributed by atoms with Crippen molar-refractivity contribution in [2.75, 3.05) is 26.2 Å². The number of aryl methyl sites for hydroxylation is 2. The number of hydrogen-bond donors (Lipinski definition) is 1. The van der Waals surface area contributed by atoms with E-state index in [1.165, 1.54) is 60.1 Å². The Balaban J connectivity index is 1.92. The van der Waals surface area contributed by atoms with E-state index in [1.54, 1.807) is 0 Å². The molecule has 0 radical (unpaired) electrons. The number of likely N-dealkylation sites (tertiary alicyclic amines) is 1. The van der Waals surface area contributed by atoms with Gasteiger partial charge in [0, 0.05) is 31.2 Å². The van der Waals surface area contributed by atoms with E-state index >= 15 is 0 Å². The molecule has 1 fully saturated rings. The van der Waals surface area contributed by atoms with Crippen LogP contribution in [0.15, 0.2) is 18.3 Å². The van der Waals surface area contributed by atoms with E-state index in [-0.39, 0.29) is 0 Å². The molecule has 0 saturated carbocycles. The summed E-state index contributed by atoms with van der Waals surface area (Å²) in [5.41, 5.74) is 11.4. The number of hydrogen-bond acceptors (Lipinski definition) is 2. The maximum Gasteiger partial charge on any atom is 0.0513 e. The summed E-state index contributed by atoms with van der Waals surface area (Å²) in [6.45, 7) is 9.75. The lowest BCUT2D eigenvalue weighted by molar-refractivity contribution is 0.344. The minimum absolute atomic E-state index is 0.697. The van der Waals surface area contributed by atoms with E-state index in [0.717, 1.165) is 13.0 Å². The van der Waals surface area contributed by atoms with Crippen molar-refractivity contribution in [3.05, 3.63) is 35.0 Å². The van der Waals surface area contributed by atoms with Crippen LogP contribution in [0.1, 0.15) is 29.5 Å². The number of nitrogens with zero attached hydrogens (tertiary/aromatic N) is 2. The van der Waals surface area contributed by atoms with Crippen LogP contribution >= 0.6 is 0 Å². The van der Waals surface area contributed by atoms with Crippen molar-refractivity contribution in [3.8, 4) is 0 Å². The summed E-state index contributed by atoms with van der Waals surface area (Å²) in [4.78, 5) is 2.59. The van der Waals surface area contributed by atoms with Crippen LogP contribution in [0.5, 0.6) is 0 Å². The molecule has 3 nitrogen and oxygen atoms in total. The van der Waals surface area contributed by atoms with E-state index in [9.17, 15) is 0 Å². The average Bonchev–Trinajstić information content (AvgIpc) is 3.05. The van der Waals surface area contributed by atoms with Crippen LogP contribution in [-0.2, 0) is 13.0 Å². The lowest BCUT2D eigenvalue weighted by Gasteiger charge is -2.13. The van der Waals surface area contributed by atoms with Gasteiger partial charge in [0.25, 0.3) is 0 Å². The molecule has 1 aromatic carbocycles. The maximum absolute atomic E-state index is 5.79. The fourth-order valence-corrected chi connectivity index (χ4v) is 3.71. The number of aromatic nitrogens is 1. The fraction of sp³-hybridized carbons (Fsp3) is 0.556. The van der Waals surface area contributed by atoms with Crippen LogP contribution in [0.25, 0.3) is 10.9 Å². The van der Waals surface area contributed by atoms with Crippen LogP contribution in [-0.4, -0.2) is 35.6 Å². The Labute approximate surface area is 127 Å². The van der Waals surface area contributed by atoms with Gasteiger partial charge < -0.3 is 15.2 Å². The summed E-state index contributed by atoms with van der Waals surface area (Å²) < 4.78 is 2.35. The average molecular weight is 285 g/mol. The third kappa shape index (κ3) is 2.99. The maximum atomic E-state index is 5.79. The highest BCUT2D eigenvalue weighted by molar-refractivity contribution is 5.87. The summed E-state index contributed by atoms with van der Waals surface area (Å²) in [5, 5.41) is 1.43. The van der Waals surface area contributed by atoms with Crippen molar-refractivity contribution in [2.24, 2.45) is 5.73 Å². The first kappa shape index (κ1) is 14.6. The molecular weight excluding hydrogens is 258 g/mol. The van der Waals surface area contributed by atoms with Crippen molar-refractivity contribution in [1.29, 1.82) is 0 Å². The molecule has 0 spiro atoms. The molecule has 0 atom stereocenters. The van der Waals surface area contributed by atoms with Crippen molar-refractivity contribution in [2.45, 2.75) is 39.7 Å². The zero-order chi connectivity index (χ0) is 14.8. The fourth-order valence-electron chi connectivity index (χ4n) is 3.71. The van der Waals surface area contributed by atoms with Crippen molar-refractivity contribution < 1.29 is 0 Å². The van der Waals surface area contributed by atoms with Gasteiger partial charge in [0.15, 0.2) is 0 Å². The Morgan fingerprint density at radius 2 is 1.86 bits per heavy atom. The van der Waals surface area contributed by atoms with E-state index in [1.807, 2.05) is 0 Å². The summed E-state index contributed by atoms with van der Waals surface area (Å²) in [5.74, 6) is 0. The molecule has 1 saturated heterocycles. The van der Waals surface area contributed by atoms with Gasteiger partial charge in [-0.05, 0) is 63.4 Å². The van der Waals surface area contributed by atoms with E-state index < -0.39 is 0 Å². The summed E-state index contributed by atoms with van der Waals surface area (Å²) >= 11 is 0. The van der Waals surface area contributed by atoms with Gasteiger partial charge in [-0.25, -0.2) is 0 Å². The van der Waals surface area contributed by atoms with Crippen molar-refractivity contribution >= 4 is 10.9 Å². The Morgan fingerprint density at radius 1 is 1.10 bits per heavy atom. The van der Waals surface area contributed by atoms with Crippen LogP contribution < -0.4 is 5.73 Å². The third-order valence-corrected chi connectivity index (χ3v) is 4.66. The SMILES string of the molecule is Cc1cc(C)c2c(c1)c(CCN1CCCC1)cn2CCN. The molecule has 0 amide bonds. The Kier molecular flexibility index (Phi) is 4.32. The summed E-state index contributed by atoms with van der Waals surface area (Å²) in [6.07, 6.45) is 6.22. The van der Waals surface area contributed by atoms with Crippen LogP contribution in [0.3, 0.4) is 0 Å². The molecule has 2 heterocycles. The molecule has 21 heavy (non-hydrogen) atoms. The highest BCUT2D eigenvalue weighted by Gasteiger charge is 2.14. The van der Waals surface area contributed by atoms with Crippen LogP contribution in [0.2, 0.25) is 0 Å². The van der Waals surface area contributed by atoms with Gasteiger partial charge in [0.2, 0.25) is 0 Å². The molecule has 114 valence electrons. The van der Waals surface area contributed by atoms with Crippen molar-refractivity contribution in [3.63, 3.8) is 0 Å². The van der Waals surface area contributed by atoms with Gasteiger partial charge in [-0.1, -0.05) is 11.6 Å². The zero-order valence-electron chi connectivity index (χ0n) is 13.4. The second kappa shape index (κ2) is 6.20. The Hall–Kier alpha value is -1.32. The number of rotatable bonds is 5. The lowest BCUT2D eigenvalue weighted by Crippen LogP contribution is -2.21. The number of nitrogens with two attached hydrogens (primary N) is 1. The van der Waals surface area contributed by atoms with Gasteiger partial charge in [-0.15, -0.1) is 0 Å². The minimum Gasteiger partial charge on any atom is -0.346 e. The Bertz CT molecular complexity index is 621. The topological polar surface area (TPSA) is 34.2 Å². The molecule has 3 heteroatoms. The molecule has 0 aliphatic carbocycles. The highest BCUT2D eigenvalue weighted by Crippen LogP contribution is 2.27.